The number of carbonyl (C=O) groups is 2. The number of esters is 1. The fraction of sp³-hybridized carbons (Fsp3) is 0.889. The molecule has 0 aliphatic heterocycles. The summed E-state index contributed by atoms with van der Waals surface area (Å²) in [5.74, 6) is -0.383. The van der Waals surface area contributed by atoms with Gasteiger partial charge in [0.05, 0.1) is 12.2 Å². The summed E-state index contributed by atoms with van der Waals surface area (Å²) in [6.45, 7) is 14.9. The minimum Gasteiger partial charge on any atom is -0.462 e. The van der Waals surface area contributed by atoms with Gasteiger partial charge in [0.25, 0.3) is 0 Å². The van der Waals surface area contributed by atoms with Crippen molar-refractivity contribution in [1.29, 1.82) is 0 Å². The average Bonchev–Trinajstić information content (AvgIpc) is 2.41. The quantitative estimate of drug-likeness (QED) is 0.564. The van der Waals surface area contributed by atoms with Gasteiger partial charge in [-0.1, -0.05) is 20.3 Å². The van der Waals surface area contributed by atoms with Crippen molar-refractivity contribution in [2.24, 2.45) is 5.41 Å². The molecule has 0 N–H and O–H groups in total. The SMILES string of the molecule is CCCCC(=O)C(C)(OC(C)C)C(C)(CC)C(=O)OC(C)C. The Balaban J connectivity index is 5.68. The molecule has 0 aromatic carbocycles. The molecular formula is C18H34O4. The number of hydrogen-bond acceptors (Lipinski definition) is 4. The summed E-state index contributed by atoms with van der Waals surface area (Å²) in [5, 5.41) is 0. The van der Waals surface area contributed by atoms with Crippen LogP contribution in [-0.2, 0) is 19.1 Å². The number of hydrogen-bond donors (Lipinski definition) is 0. The van der Waals surface area contributed by atoms with E-state index in [0.29, 0.717) is 12.8 Å². The zero-order valence-corrected chi connectivity index (χ0v) is 15.6. The number of carbonyl (C=O) groups excluding carboxylic acids is 2. The lowest BCUT2D eigenvalue weighted by atomic mass is 9.69. The molecule has 2 unspecified atom stereocenters. The Morgan fingerprint density at radius 2 is 1.55 bits per heavy atom. The van der Waals surface area contributed by atoms with E-state index in [1.807, 2.05) is 41.5 Å². The van der Waals surface area contributed by atoms with Gasteiger partial charge in [-0.3, -0.25) is 9.59 Å². The van der Waals surface area contributed by atoms with Crippen molar-refractivity contribution in [3.8, 4) is 0 Å². The topological polar surface area (TPSA) is 52.6 Å². The molecule has 130 valence electrons. The minimum absolute atomic E-state index is 0.0203. The van der Waals surface area contributed by atoms with Gasteiger partial charge in [-0.25, -0.2) is 0 Å². The molecule has 0 rings (SSSR count). The fourth-order valence-corrected chi connectivity index (χ4v) is 2.57. The van der Waals surface area contributed by atoms with Gasteiger partial charge in [0.15, 0.2) is 5.78 Å². The second kappa shape index (κ2) is 8.66. The third-order valence-electron chi connectivity index (χ3n) is 4.31. The Bertz CT molecular complexity index is 375. The Hall–Kier alpha value is -0.900. The van der Waals surface area contributed by atoms with Gasteiger partial charge >= 0.3 is 5.97 Å². The fourth-order valence-electron chi connectivity index (χ4n) is 2.57. The van der Waals surface area contributed by atoms with E-state index in [0.717, 1.165) is 12.8 Å². The van der Waals surface area contributed by atoms with Crippen molar-refractivity contribution in [2.75, 3.05) is 0 Å². The largest absolute Gasteiger partial charge is 0.462 e. The van der Waals surface area contributed by atoms with E-state index in [-0.39, 0.29) is 24.0 Å². The van der Waals surface area contributed by atoms with Crippen molar-refractivity contribution in [1.82, 2.24) is 0 Å². The summed E-state index contributed by atoms with van der Waals surface area (Å²) >= 11 is 0. The van der Waals surface area contributed by atoms with Crippen LogP contribution in [0.1, 0.15) is 81.1 Å². The van der Waals surface area contributed by atoms with E-state index in [9.17, 15) is 9.59 Å². The maximum Gasteiger partial charge on any atom is 0.315 e. The van der Waals surface area contributed by atoms with E-state index in [4.69, 9.17) is 9.47 Å². The molecule has 22 heavy (non-hydrogen) atoms. The molecule has 4 heteroatoms. The Kier molecular flexibility index (Phi) is 8.30. The molecule has 0 bridgehead atoms. The molecule has 0 spiro atoms. The lowest BCUT2D eigenvalue weighted by Gasteiger charge is -2.44. The van der Waals surface area contributed by atoms with Crippen LogP contribution in [0, 0.1) is 5.41 Å². The molecule has 0 radical (unpaired) electrons. The molecule has 0 aliphatic carbocycles. The van der Waals surface area contributed by atoms with Crippen LogP contribution in [0.4, 0.5) is 0 Å². The van der Waals surface area contributed by atoms with Gasteiger partial charge in [0.2, 0.25) is 0 Å². The zero-order valence-electron chi connectivity index (χ0n) is 15.6. The first kappa shape index (κ1) is 21.1. The third-order valence-corrected chi connectivity index (χ3v) is 4.31. The smallest absolute Gasteiger partial charge is 0.315 e. The second-order valence-electron chi connectivity index (χ2n) is 6.87. The highest BCUT2D eigenvalue weighted by Gasteiger charge is 2.55. The molecule has 2 atom stereocenters. The minimum atomic E-state index is -1.17. The summed E-state index contributed by atoms with van der Waals surface area (Å²) in [4.78, 5) is 25.5. The van der Waals surface area contributed by atoms with E-state index >= 15 is 0 Å². The van der Waals surface area contributed by atoms with Crippen LogP contribution in [0.2, 0.25) is 0 Å². The number of ether oxygens (including phenoxy) is 2. The maximum absolute atomic E-state index is 12.8. The summed E-state index contributed by atoms with van der Waals surface area (Å²) in [5.41, 5.74) is -2.16. The molecule has 0 fully saturated rings. The average molecular weight is 314 g/mol. The molecular weight excluding hydrogens is 280 g/mol. The first-order chi connectivity index (χ1) is 10.0. The summed E-state index contributed by atoms with van der Waals surface area (Å²) in [6, 6.07) is 0. The number of Topliss-reactive ketones (excluding diaryl/α,β-unsaturated/α-hetero) is 1. The van der Waals surface area contributed by atoms with Crippen molar-refractivity contribution < 1.29 is 19.1 Å². The highest BCUT2D eigenvalue weighted by molar-refractivity contribution is 5.94. The van der Waals surface area contributed by atoms with E-state index in [1.165, 1.54) is 0 Å². The monoisotopic (exact) mass is 314 g/mol. The normalized spacial score (nSPS) is 17.2. The van der Waals surface area contributed by atoms with E-state index in [1.54, 1.807) is 13.8 Å². The van der Waals surface area contributed by atoms with Crippen molar-refractivity contribution in [3.63, 3.8) is 0 Å². The van der Waals surface area contributed by atoms with E-state index < -0.39 is 11.0 Å². The standard InChI is InChI=1S/C18H34O4/c1-9-11-12-15(19)18(8,22-14(5)6)17(7,10-2)16(20)21-13(3)4/h13-14H,9-12H2,1-8H3. The molecule has 0 heterocycles. The van der Waals surface area contributed by atoms with Crippen LogP contribution >= 0.6 is 0 Å². The Labute approximate surface area is 135 Å². The Morgan fingerprint density at radius 3 is 1.91 bits per heavy atom. The lowest BCUT2D eigenvalue weighted by molar-refractivity contribution is -0.195. The van der Waals surface area contributed by atoms with Gasteiger partial charge in [-0.2, -0.15) is 0 Å². The first-order valence-corrected chi connectivity index (χ1v) is 8.47. The van der Waals surface area contributed by atoms with Crippen LogP contribution < -0.4 is 0 Å². The van der Waals surface area contributed by atoms with Crippen LogP contribution in [-0.4, -0.2) is 29.6 Å². The van der Waals surface area contributed by atoms with Crippen molar-refractivity contribution in [3.05, 3.63) is 0 Å². The van der Waals surface area contributed by atoms with Crippen LogP contribution in [0.5, 0.6) is 0 Å². The molecule has 0 saturated heterocycles. The first-order valence-electron chi connectivity index (χ1n) is 8.47. The lowest BCUT2D eigenvalue weighted by Crippen LogP contribution is -2.58. The zero-order chi connectivity index (χ0) is 17.6. The van der Waals surface area contributed by atoms with E-state index in [2.05, 4.69) is 0 Å². The number of ketones is 1. The molecule has 0 amide bonds. The highest BCUT2D eigenvalue weighted by atomic mass is 16.6. The van der Waals surface area contributed by atoms with Crippen LogP contribution in [0.3, 0.4) is 0 Å². The highest BCUT2D eigenvalue weighted by Crippen LogP contribution is 2.41. The third kappa shape index (κ3) is 4.80. The summed E-state index contributed by atoms with van der Waals surface area (Å²) in [7, 11) is 0. The summed E-state index contributed by atoms with van der Waals surface area (Å²) < 4.78 is 11.4. The number of unbranched alkanes of at least 4 members (excludes halogenated alkanes) is 1. The Morgan fingerprint density at radius 1 is 1.00 bits per heavy atom. The second-order valence-corrected chi connectivity index (χ2v) is 6.87. The van der Waals surface area contributed by atoms with Gasteiger partial charge < -0.3 is 9.47 Å². The van der Waals surface area contributed by atoms with Gasteiger partial charge in [-0.05, 0) is 54.4 Å². The van der Waals surface area contributed by atoms with Gasteiger partial charge in [0, 0.05) is 6.42 Å². The van der Waals surface area contributed by atoms with Crippen molar-refractivity contribution in [2.45, 2.75) is 98.9 Å². The molecule has 0 aromatic heterocycles. The maximum atomic E-state index is 12.8. The van der Waals surface area contributed by atoms with Gasteiger partial charge in [0.1, 0.15) is 11.0 Å². The number of rotatable bonds is 10. The molecule has 0 saturated carbocycles. The van der Waals surface area contributed by atoms with Crippen LogP contribution in [0.15, 0.2) is 0 Å². The van der Waals surface area contributed by atoms with Crippen LogP contribution in [0.25, 0.3) is 0 Å². The summed E-state index contributed by atoms with van der Waals surface area (Å²) in [6.07, 6.45) is 2.28. The predicted molar refractivity (Wildman–Crippen MR) is 88.8 cm³/mol. The molecule has 0 aliphatic rings. The molecule has 4 nitrogen and oxygen atoms in total. The molecule has 0 aromatic rings. The van der Waals surface area contributed by atoms with Crippen molar-refractivity contribution >= 4 is 11.8 Å². The van der Waals surface area contributed by atoms with Gasteiger partial charge in [-0.15, -0.1) is 0 Å². The predicted octanol–water partition coefficient (Wildman–Crippen LogP) is 4.30.